The fourth-order valence-corrected chi connectivity index (χ4v) is 3.23. The molecule has 0 aliphatic rings. The first-order valence-electron chi connectivity index (χ1n) is 7.18. The Bertz CT molecular complexity index is 724. The standard InChI is InChI=1S/C15H17N3O3S3/c1-10-17-12(9-23-10)15-18-11(8-24-15)14(20)16-7-13(19)21-5-3-2-4-6-22/h2-3,8-9,22H,4-7H2,1H3,(H,16,20)/b3-2+. The highest BCUT2D eigenvalue weighted by Crippen LogP contribution is 2.24. The molecule has 2 aromatic rings. The Kier molecular flexibility index (Phi) is 7.41. The van der Waals surface area contributed by atoms with Crippen molar-refractivity contribution in [2.24, 2.45) is 0 Å². The zero-order valence-electron chi connectivity index (χ0n) is 13.0. The van der Waals surface area contributed by atoms with Gasteiger partial charge in [-0.1, -0.05) is 12.2 Å². The zero-order valence-corrected chi connectivity index (χ0v) is 15.5. The lowest BCUT2D eigenvalue weighted by atomic mass is 10.4. The van der Waals surface area contributed by atoms with E-state index >= 15 is 0 Å². The summed E-state index contributed by atoms with van der Waals surface area (Å²) in [5.41, 5.74) is 1.02. The van der Waals surface area contributed by atoms with Gasteiger partial charge in [-0.25, -0.2) is 9.97 Å². The zero-order chi connectivity index (χ0) is 17.4. The van der Waals surface area contributed by atoms with Crippen LogP contribution in [-0.2, 0) is 9.53 Å². The Hall–Kier alpha value is -1.71. The first-order chi connectivity index (χ1) is 11.6. The predicted octanol–water partition coefficient (Wildman–Crippen LogP) is 2.72. The molecule has 0 aromatic carbocycles. The molecule has 9 heteroatoms. The molecule has 0 fully saturated rings. The second-order valence-electron chi connectivity index (χ2n) is 4.64. The van der Waals surface area contributed by atoms with E-state index in [0.717, 1.165) is 22.9 Å². The monoisotopic (exact) mass is 383 g/mol. The molecule has 0 bridgehead atoms. The van der Waals surface area contributed by atoms with Crippen LogP contribution in [0.1, 0.15) is 21.9 Å². The molecular weight excluding hydrogens is 366 g/mol. The van der Waals surface area contributed by atoms with Crippen molar-refractivity contribution < 1.29 is 14.3 Å². The van der Waals surface area contributed by atoms with Crippen LogP contribution in [0.3, 0.4) is 0 Å². The Balaban J connectivity index is 1.78. The van der Waals surface area contributed by atoms with Gasteiger partial charge in [0.15, 0.2) is 0 Å². The largest absolute Gasteiger partial charge is 0.460 e. The summed E-state index contributed by atoms with van der Waals surface area (Å²) in [7, 11) is 0. The number of esters is 1. The molecule has 24 heavy (non-hydrogen) atoms. The van der Waals surface area contributed by atoms with Gasteiger partial charge in [-0.2, -0.15) is 12.6 Å². The molecule has 0 atom stereocenters. The average molecular weight is 384 g/mol. The third kappa shape index (κ3) is 5.73. The van der Waals surface area contributed by atoms with Crippen LogP contribution in [0.2, 0.25) is 0 Å². The number of rotatable bonds is 8. The van der Waals surface area contributed by atoms with Gasteiger partial charge < -0.3 is 10.1 Å². The number of nitrogens with one attached hydrogen (secondary N) is 1. The van der Waals surface area contributed by atoms with E-state index in [1.165, 1.54) is 22.7 Å². The highest BCUT2D eigenvalue weighted by atomic mass is 32.1. The van der Waals surface area contributed by atoms with Crippen LogP contribution in [0.5, 0.6) is 0 Å². The van der Waals surface area contributed by atoms with Crippen molar-refractivity contribution >= 4 is 47.2 Å². The molecule has 6 nitrogen and oxygen atoms in total. The van der Waals surface area contributed by atoms with E-state index in [-0.39, 0.29) is 18.8 Å². The fourth-order valence-electron chi connectivity index (χ4n) is 1.65. The summed E-state index contributed by atoms with van der Waals surface area (Å²) in [5.74, 6) is -0.159. The lowest BCUT2D eigenvalue weighted by molar-refractivity contribution is -0.141. The summed E-state index contributed by atoms with van der Waals surface area (Å²) >= 11 is 6.93. The summed E-state index contributed by atoms with van der Waals surface area (Å²) in [6.45, 7) is 1.91. The molecule has 0 radical (unpaired) electrons. The van der Waals surface area contributed by atoms with E-state index in [2.05, 4.69) is 27.9 Å². The number of carbonyl (C=O) groups excluding carboxylic acids is 2. The minimum absolute atomic E-state index is 0.187. The molecule has 2 rings (SSSR count). The predicted molar refractivity (Wildman–Crippen MR) is 98.9 cm³/mol. The van der Waals surface area contributed by atoms with Crippen molar-refractivity contribution in [1.29, 1.82) is 0 Å². The minimum atomic E-state index is -0.496. The first kappa shape index (κ1) is 18.6. The van der Waals surface area contributed by atoms with Gasteiger partial charge in [-0.3, -0.25) is 9.59 Å². The molecule has 0 aliphatic heterocycles. The molecule has 0 saturated heterocycles. The average Bonchev–Trinajstić information content (AvgIpc) is 3.21. The van der Waals surface area contributed by atoms with Gasteiger partial charge in [0.2, 0.25) is 0 Å². The number of ether oxygens (including phenoxy) is 1. The van der Waals surface area contributed by atoms with Gasteiger partial charge in [-0.15, -0.1) is 22.7 Å². The Morgan fingerprint density at radius 2 is 2.12 bits per heavy atom. The molecule has 0 unspecified atom stereocenters. The van der Waals surface area contributed by atoms with E-state index < -0.39 is 11.9 Å². The van der Waals surface area contributed by atoms with E-state index in [0.29, 0.717) is 5.01 Å². The van der Waals surface area contributed by atoms with Gasteiger partial charge in [-0.05, 0) is 19.1 Å². The van der Waals surface area contributed by atoms with Crippen LogP contribution >= 0.6 is 35.3 Å². The van der Waals surface area contributed by atoms with Crippen molar-refractivity contribution in [2.75, 3.05) is 18.9 Å². The fraction of sp³-hybridized carbons (Fsp3) is 0.333. The van der Waals surface area contributed by atoms with Crippen molar-refractivity contribution in [3.8, 4) is 10.7 Å². The maximum Gasteiger partial charge on any atom is 0.325 e. The number of carbonyl (C=O) groups is 2. The van der Waals surface area contributed by atoms with Crippen LogP contribution in [0, 0.1) is 6.92 Å². The van der Waals surface area contributed by atoms with Gasteiger partial charge in [0.1, 0.15) is 29.5 Å². The van der Waals surface area contributed by atoms with Crippen LogP contribution in [0.4, 0.5) is 0 Å². The maximum absolute atomic E-state index is 12.0. The van der Waals surface area contributed by atoms with Gasteiger partial charge >= 0.3 is 5.97 Å². The summed E-state index contributed by atoms with van der Waals surface area (Å²) < 4.78 is 4.96. The number of amides is 1. The first-order valence-corrected chi connectivity index (χ1v) is 9.57. The molecule has 0 spiro atoms. The normalized spacial score (nSPS) is 10.9. The van der Waals surface area contributed by atoms with Crippen molar-refractivity contribution in [2.45, 2.75) is 13.3 Å². The van der Waals surface area contributed by atoms with Gasteiger partial charge in [0.05, 0.1) is 5.01 Å². The molecule has 2 aromatic heterocycles. The van der Waals surface area contributed by atoms with Crippen molar-refractivity contribution in [3.63, 3.8) is 0 Å². The maximum atomic E-state index is 12.0. The molecule has 128 valence electrons. The highest BCUT2D eigenvalue weighted by Gasteiger charge is 2.14. The lowest BCUT2D eigenvalue weighted by Gasteiger charge is -2.03. The summed E-state index contributed by atoms with van der Waals surface area (Å²) in [4.78, 5) is 32.1. The highest BCUT2D eigenvalue weighted by molar-refractivity contribution is 7.80. The third-order valence-corrected chi connectivity index (χ3v) is 4.67. The van der Waals surface area contributed by atoms with Crippen LogP contribution in [-0.4, -0.2) is 40.7 Å². The van der Waals surface area contributed by atoms with Gasteiger partial charge in [0.25, 0.3) is 5.91 Å². The minimum Gasteiger partial charge on any atom is -0.460 e. The van der Waals surface area contributed by atoms with E-state index in [9.17, 15) is 9.59 Å². The number of nitrogens with zero attached hydrogens (tertiary/aromatic N) is 2. The number of allylic oxidation sites excluding steroid dienone is 1. The van der Waals surface area contributed by atoms with Crippen LogP contribution in [0.15, 0.2) is 22.9 Å². The summed E-state index contributed by atoms with van der Waals surface area (Å²) in [5, 5.41) is 7.66. The van der Waals surface area contributed by atoms with Crippen molar-refractivity contribution in [3.05, 3.63) is 33.6 Å². The molecule has 1 N–H and O–H groups in total. The topological polar surface area (TPSA) is 81.2 Å². The Morgan fingerprint density at radius 3 is 2.83 bits per heavy atom. The van der Waals surface area contributed by atoms with E-state index in [1.807, 2.05) is 18.4 Å². The third-order valence-electron chi connectivity index (χ3n) is 2.77. The number of hydrogen-bond acceptors (Lipinski definition) is 8. The molecular formula is C15H17N3O3S3. The van der Waals surface area contributed by atoms with E-state index in [1.54, 1.807) is 11.5 Å². The van der Waals surface area contributed by atoms with Crippen LogP contribution in [0.25, 0.3) is 10.7 Å². The second-order valence-corrected chi connectivity index (χ2v) is 7.01. The number of aromatic nitrogens is 2. The molecule has 0 saturated carbocycles. The summed E-state index contributed by atoms with van der Waals surface area (Å²) in [6.07, 6.45) is 4.45. The quantitative estimate of drug-likeness (QED) is 0.416. The smallest absolute Gasteiger partial charge is 0.325 e. The Labute approximate surface area is 153 Å². The van der Waals surface area contributed by atoms with Gasteiger partial charge in [0, 0.05) is 10.8 Å². The Morgan fingerprint density at radius 1 is 1.29 bits per heavy atom. The second kappa shape index (κ2) is 9.55. The number of aryl methyl sites for hydroxylation is 1. The molecule has 0 aliphatic carbocycles. The van der Waals surface area contributed by atoms with E-state index in [4.69, 9.17) is 4.74 Å². The van der Waals surface area contributed by atoms with Crippen LogP contribution < -0.4 is 5.32 Å². The SMILES string of the molecule is Cc1nc(-c2nc(C(=O)NCC(=O)OC/C=C/CCS)cs2)cs1. The number of thiol groups is 1. The molecule has 2 heterocycles. The van der Waals surface area contributed by atoms with Crippen molar-refractivity contribution in [1.82, 2.24) is 15.3 Å². The lowest BCUT2D eigenvalue weighted by Crippen LogP contribution is -2.30. The number of thiazole rings is 2. The molecule has 1 amide bonds. The summed E-state index contributed by atoms with van der Waals surface area (Å²) in [6, 6.07) is 0. The number of hydrogen-bond donors (Lipinski definition) is 2.